The Morgan fingerprint density at radius 2 is 1.57 bits per heavy atom. The van der Waals surface area contributed by atoms with E-state index in [0.717, 1.165) is 16.8 Å². The molecule has 0 unspecified atom stereocenters. The molecule has 0 saturated heterocycles. The zero-order valence-corrected chi connectivity index (χ0v) is 12.2. The average Bonchev–Trinajstić information content (AvgIpc) is 2.54. The van der Waals surface area contributed by atoms with Crippen LogP contribution in [0.5, 0.6) is 0 Å². The zero-order chi connectivity index (χ0) is 15.1. The number of anilines is 1. The number of hydrogen-bond acceptors (Lipinski definition) is 3. The molecule has 1 aromatic heterocycles. The zero-order valence-electron chi connectivity index (χ0n) is 12.2. The van der Waals surface area contributed by atoms with E-state index in [4.69, 9.17) is 5.11 Å². The van der Waals surface area contributed by atoms with E-state index in [-0.39, 0.29) is 6.61 Å². The molecule has 4 heteroatoms. The van der Waals surface area contributed by atoms with Gasteiger partial charge in [0.05, 0.1) is 5.69 Å². The Hall–Kier alpha value is -2.17. The van der Waals surface area contributed by atoms with Crippen LogP contribution in [0.25, 0.3) is 12.2 Å². The highest BCUT2D eigenvalue weighted by Gasteiger charge is 1.99. The summed E-state index contributed by atoms with van der Waals surface area (Å²) in [6.07, 6.45) is 7.96. The molecule has 2 N–H and O–H groups in total. The fourth-order valence-corrected chi connectivity index (χ4v) is 1.98. The Morgan fingerprint density at radius 1 is 1.00 bits per heavy atom. The van der Waals surface area contributed by atoms with Crippen LogP contribution in [0.4, 0.5) is 5.69 Å². The largest absolute Gasteiger partial charge is 0.390 e. The Bertz CT molecular complexity index is 577. The first-order valence-electron chi connectivity index (χ1n) is 7.07. The van der Waals surface area contributed by atoms with Crippen LogP contribution in [0.15, 0.2) is 48.8 Å². The first kappa shape index (κ1) is 15.2. The minimum absolute atomic E-state index is 0.145. The molecule has 0 aliphatic carbocycles. The highest BCUT2D eigenvalue weighted by atomic mass is 16.5. The van der Waals surface area contributed by atoms with Crippen LogP contribution in [0.1, 0.15) is 18.1 Å². The summed E-state index contributed by atoms with van der Waals surface area (Å²) in [5.74, 6) is 0. The lowest BCUT2D eigenvalue weighted by molar-refractivity contribution is -0.698. The molecule has 2 aromatic rings. The van der Waals surface area contributed by atoms with E-state index >= 15 is 0 Å². The van der Waals surface area contributed by atoms with Crippen molar-refractivity contribution in [2.45, 2.75) is 13.5 Å². The third kappa shape index (κ3) is 4.41. The van der Waals surface area contributed by atoms with Gasteiger partial charge in [0.2, 0.25) is 0 Å². The molecular weight excluding hydrogens is 264 g/mol. The molecule has 0 aliphatic rings. The number of hydroxylamine groups is 1. The predicted molar refractivity (Wildman–Crippen MR) is 83.9 cm³/mol. The van der Waals surface area contributed by atoms with Crippen LogP contribution >= 0.6 is 0 Å². The normalized spacial score (nSPS) is 11.0. The lowest BCUT2D eigenvalue weighted by atomic mass is 10.1. The van der Waals surface area contributed by atoms with Crippen molar-refractivity contribution in [1.29, 1.82) is 0 Å². The second-order valence-electron chi connectivity index (χ2n) is 4.73. The molecule has 21 heavy (non-hydrogen) atoms. The van der Waals surface area contributed by atoms with Crippen LogP contribution in [0.2, 0.25) is 0 Å². The molecule has 0 amide bonds. The number of hydrogen-bond donors (Lipinski definition) is 2. The summed E-state index contributed by atoms with van der Waals surface area (Å²) in [6, 6.07) is 11.7. The summed E-state index contributed by atoms with van der Waals surface area (Å²) in [5, 5.41) is 19.7. The van der Waals surface area contributed by atoms with E-state index in [9.17, 15) is 5.21 Å². The van der Waals surface area contributed by atoms with E-state index in [1.165, 1.54) is 5.06 Å². The quantitative estimate of drug-likeness (QED) is 0.632. The number of nitrogens with zero attached hydrogens (tertiary/aromatic N) is 2. The fourth-order valence-electron chi connectivity index (χ4n) is 1.98. The van der Waals surface area contributed by atoms with Crippen molar-refractivity contribution in [3.8, 4) is 0 Å². The third-order valence-corrected chi connectivity index (χ3v) is 3.23. The van der Waals surface area contributed by atoms with Gasteiger partial charge in [-0.15, -0.1) is 0 Å². The van der Waals surface area contributed by atoms with Gasteiger partial charge in [0.1, 0.15) is 6.61 Å². The van der Waals surface area contributed by atoms with Crippen LogP contribution in [-0.2, 0) is 6.54 Å². The summed E-state index contributed by atoms with van der Waals surface area (Å²) in [5.41, 5.74) is 2.97. The number of rotatable bonds is 6. The van der Waals surface area contributed by atoms with Gasteiger partial charge in [0.25, 0.3) is 0 Å². The van der Waals surface area contributed by atoms with Crippen molar-refractivity contribution in [1.82, 2.24) is 0 Å². The summed E-state index contributed by atoms with van der Waals surface area (Å²) in [4.78, 5) is 0. The number of aliphatic hydroxyl groups excluding tert-OH is 1. The summed E-state index contributed by atoms with van der Waals surface area (Å²) >= 11 is 0. The topological polar surface area (TPSA) is 47.6 Å². The van der Waals surface area contributed by atoms with Gasteiger partial charge in [-0.1, -0.05) is 24.3 Å². The van der Waals surface area contributed by atoms with E-state index in [1.807, 2.05) is 72.4 Å². The summed E-state index contributed by atoms with van der Waals surface area (Å²) < 4.78 is 1.94. The van der Waals surface area contributed by atoms with Crippen molar-refractivity contribution < 1.29 is 14.9 Å². The monoisotopic (exact) mass is 285 g/mol. The van der Waals surface area contributed by atoms with Gasteiger partial charge >= 0.3 is 0 Å². The second kappa shape index (κ2) is 7.57. The molecule has 1 aromatic carbocycles. The molecular formula is C17H21N2O2+. The van der Waals surface area contributed by atoms with Crippen molar-refractivity contribution in [2.24, 2.45) is 0 Å². The third-order valence-electron chi connectivity index (χ3n) is 3.23. The highest BCUT2D eigenvalue weighted by molar-refractivity contribution is 5.70. The van der Waals surface area contributed by atoms with E-state index in [0.29, 0.717) is 13.1 Å². The Balaban J connectivity index is 2.03. The highest BCUT2D eigenvalue weighted by Crippen LogP contribution is 2.15. The first-order chi connectivity index (χ1) is 10.2. The lowest BCUT2D eigenvalue weighted by Gasteiger charge is -2.13. The molecule has 0 bridgehead atoms. The minimum Gasteiger partial charge on any atom is -0.390 e. The number of aromatic nitrogens is 1. The van der Waals surface area contributed by atoms with Crippen LogP contribution < -0.4 is 9.63 Å². The average molecular weight is 285 g/mol. The minimum atomic E-state index is 0.145. The number of aliphatic hydroxyl groups is 1. The van der Waals surface area contributed by atoms with Crippen molar-refractivity contribution in [2.75, 3.05) is 18.2 Å². The summed E-state index contributed by atoms with van der Waals surface area (Å²) in [7, 11) is 0. The van der Waals surface area contributed by atoms with E-state index in [2.05, 4.69) is 0 Å². The van der Waals surface area contributed by atoms with Crippen LogP contribution in [0, 0.1) is 0 Å². The first-order valence-corrected chi connectivity index (χ1v) is 7.07. The molecule has 2 rings (SSSR count). The SMILES string of the molecule is CCN(O)c1ccc(/C=C/c2cc[n+](CCO)cc2)cc1. The molecule has 110 valence electrons. The number of benzene rings is 1. The predicted octanol–water partition coefficient (Wildman–Crippen LogP) is 2.35. The van der Waals surface area contributed by atoms with Gasteiger partial charge in [-0.25, -0.2) is 4.57 Å². The Labute approximate surface area is 125 Å². The lowest BCUT2D eigenvalue weighted by Crippen LogP contribution is -2.34. The van der Waals surface area contributed by atoms with Gasteiger partial charge < -0.3 is 5.11 Å². The maximum Gasteiger partial charge on any atom is 0.171 e. The molecule has 0 fully saturated rings. The van der Waals surface area contributed by atoms with Crippen molar-refractivity contribution in [3.05, 3.63) is 59.9 Å². The van der Waals surface area contributed by atoms with Crippen LogP contribution in [0.3, 0.4) is 0 Å². The fraction of sp³-hybridized carbons (Fsp3) is 0.235. The maximum absolute atomic E-state index is 9.59. The molecule has 0 aliphatic heterocycles. The number of pyridine rings is 1. The molecule has 4 nitrogen and oxygen atoms in total. The van der Waals surface area contributed by atoms with E-state index < -0.39 is 0 Å². The van der Waals surface area contributed by atoms with E-state index in [1.54, 1.807) is 0 Å². The Kier molecular flexibility index (Phi) is 5.49. The molecule has 1 heterocycles. The van der Waals surface area contributed by atoms with Gasteiger partial charge in [-0.05, 0) is 30.2 Å². The van der Waals surface area contributed by atoms with Gasteiger partial charge in [-0.3, -0.25) is 10.3 Å². The molecule has 0 atom stereocenters. The maximum atomic E-state index is 9.59. The Morgan fingerprint density at radius 3 is 2.10 bits per heavy atom. The molecule has 0 radical (unpaired) electrons. The van der Waals surface area contributed by atoms with Crippen molar-refractivity contribution >= 4 is 17.8 Å². The van der Waals surface area contributed by atoms with Gasteiger partial charge in [-0.2, -0.15) is 0 Å². The van der Waals surface area contributed by atoms with Gasteiger partial charge in [0, 0.05) is 18.7 Å². The van der Waals surface area contributed by atoms with Crippen molar-refractivity contribution in [3.63, 3.8) is 0 Å². The van der Waals surface area contributed by atoms with Crippen LogP contribution in [-0.4, -0.2) is 23.5 Å². The molecule has 0 spiro atoms. The van der Waals surface area contributed by atoms with Gasteiger partial charge in [0.15, 0.2) is 18.9 Å². The standard InChI is InChI=1S/C17H21N2O2/c1-2-19(21)17-7-5-15(6-8-17)3-4-16-9-11-18(12-10-16)13-14-20/h3-12,20-21H,2,13-14H2,1H3/q+1. The smallest absolute Gasteiger partial charge is 0.171 e. The summed E-state index contributed by atoms with van der Waals surface area (Å²) in [6.45, 7) is 3.21. The second-order valence-corrected chi connectivity index (χ2v) is 4.73. The molecule has 0 saturated carbocycles.